The second-order valence-electron chi connectivity index (χ2n) is 5.41. The normalized spacial score (nSPS) is 32.0. The molecule has 2 aliphatic rings. The fraction of sp³-hybridized carbons (Fsp3) is 0.786. The summed E-state index contributed by atoms with van der Waals surface area (Å²) in [5.74, 6) is 1.05. The quantitative estimate of drug-likeness (QED) is 0.753. The monoisotopic (exact) mass is 236 g/mol. The van der Waals surface area contributed by atoms with Crippen molar-refractivity contribution in [2.45, 2.75) is 32.2 Å². The van der Waals surface area contributed by atoms with Crippen LogP contribution < -0.4 is 5.32 Å². The average molecular weight is 236 g/mol. The zero-order chi connectivity index (χ0) is 12.3. The zero-order valence-electron chi connectivity index (χ0n) is 11.0. The smallest absolute Gasteiger partial charge is 0.140 e. The summed E-state index contributed by atoms with van der Waals surface area (Å²) in [6, 6.07) is 0.687. The molecule has 1 aliphatic carbocycles. The van der Waals surface area contributed by atoms with E-state index in [9.17, 15) is 4.79 Å². The number of allylic oxidation sites excluding steroid dienone is 1. The first-order valence-corrected chi connectivity index (χ1v) is 6.79. The first-order chi connectivity index (χ1) is 8.20. The molecule has 17 heavy (non-hydrogen) atoms. The minimum atomic E-state index is 0.210. The standard InChI is InChI=1S/C14H24N2O/c1-11-12(4-3-5-14(11)17)10-16-8-6-13(15-2)7-9-16/h3-4,11-13,15H,5-10H2,1-2H3. The summed E-state index contributed by atoms with van der Waals surface area (Å²) in [6.45, 7) is 5.46. The van der Waals surface area contributed by atoms with Gasteiger partial charge in [0.15, 0.2) is 0 Å². The molecular weight excluding hydrogens is 212 g/mol. The minimum Gasteiger partial charge on any atom is -0.317 e. The number of carbonyl (C=O) groups excluding carboxylic acids is 1. The number of likely N-dealkylation sites (tertiary alicyclic amines) is 1. The van der Waals surface area contributed by atoms with E-state index in [0.717, 1.165) is 19.6 Å². The Morgan fingerprint density at radius 1 is 1.41 bits per heavy atom. The van der Waals surface area contributed by atoms with Crippen molar-refractivity contribution in [3.63, 3.8) is 0 Å². The van der Waals surface area contributed by atoms with Crippen molar-refractivity contribution in [1.29, 1.82) is 0 Å². The molecule has 1 aliphatic heterocycles. The van der Waals surface area contributed by atoms with Crippen LogP contribution >= 0.6 is 0 Å². The molecule has 2 rings (SSSR count). The van der Waals surface area contributed by atoms with Gasteiger partial charge in [0.1, 0.15) is 5.78 Å². The molecule has 96 valence electrons. The Morgan fingerprint density at radius 2 is 2.12 bits per heavy atom. The van der Waals surface area contributed by atoms with Gasteiger partial charge < -0.3 is 10.2 Å². The predicted molar refractivity (Wildman–Crippen MR) is 69.9 cm³/mol. The van der Waals surface area contributed by atoms with Gasteiger partial charge in [-0.25, -0.2) is 0 Å². The number of nitrogens with zero attached hydrogens (tertiary/aromatic N) is 1. The lowest BCUT2D eigenvalue weighted by Gasteiger charge is -2.35. The topological polar surface area (TPSA) is 32.3 Å². The Kier molecular flexibility index (Phi) is 4.35. The minimum absolute atomic E-state index is 0.210. The molecule has 1 N–H and O–H groups in total. The highest BCUT2D eigenvalue weighted by Crippen LogP contribution is 2.23. The average Bonchev–Trinajstić information content (AvgIpc) is 2.36. The molecule has 0 saturated carbocycles. The maximum Gasteiger partial charge on any atom is 0.140 e. The van der Waals surface area contributed by atoms with Gasteiger partial charge in [0.05, 0.1) is 0 Å². The lowest BCUT2D eigenvalue weighted by Crippen LogP contribution is -2.44. The third kappa shape index (κ3) is 3.17. The third-order valence-electron chi connectivity index (χ3n) is 4.32. The first kappa shape index (κ1) is 12.8. The Hall–Kier alpha value is -0.670. The highest BCUT2D eigenvalue weighted by Gasteiger charge is 2.27. The summed E-state index contributed by atoms with van der Waals surface area (Å²) < 4.78 is 0. The van der Waals surface area contributed by atoms with E-state index in [0.29, 0.717) is 24.2 Å². The Bertz CT molecular complexity index is 293. The number of hydrogen-bond acceptors (Lipinski definition) is 3. The summed E-state index contributed by atoms with van der Waals surface area (Å²) in [7, 11) is 2.05. The predicted octanol–water partition coefficient (Wildman–Crippen LogP) is 1.45. The largest absolute Gasteiger partial charge is 0.317 e. The number of piperidine rings is 1. The van der Waals surface area contributed by atoms with Crippen molar-refractivity contribution in [3.05, 3.63) is 12.2 Å². The van der Waals surface area contributed by atoms with Gasteiger partial charge in [0, 0.05) is 24.9 Å². The molecule has 3 nitrogen and oxygen atoms in total. The van der Waals surface area contributed by atoms with Gasteiger partial charge in [-0.3, -0.25) is 4.79 Å². The van der Waals surface area contributed by atoms with Crippen LogP contribution in [0.15, 0.2) is 12.2 Å². The van der Waals surface area contributed by atoms with Gasteiger partial charge in [-0.2, -0.15) is 0 Å². The van der Waals surface area contributed by atoms with E-state index in [1.54, 1.807) is 0 Å². The van der Waals surface area contributed by atoms with E-state index in [4.69, 9.17) is 0 Å². The van der Waals surface area contributed by atoms with Crippen molar-refractivity contribution >= 4 is 5.78 Å². The van der Waals surface area contributed by atoms with Crippen LogP contribution in [-0.2, 0) is 4.79 Å². The molecule has 0 spiro atoms. The molecule has 0 aromatic rings. The summed E-state index contributed by atoms with van der Waals surface area (Å²) in [4.78, 5) is 14.2. The van der Waals surface area contributed by atoms with Crippen molar-refractivity contribution in [2.75, 3.05) is 26.7 Å². The summed E-state index contributed by atoms with van der Waals surface area (Å²) >= 11 is 0. The summed E-state index contributed by atoms with van der Waals surface area (Å²) in [6.07, 6.45) is 7.40. The van der Waals surface area contributed by atoms with Gasteiger partial charge in [-0.15, -0.1) is 0 Å². The highest BCUT2D eigenvalue weighted by molar-refractivity contribution is 5.83. The molecule has 0 radical (unpaired) electrons. The number of rotatable bonds is 3. The molecule has 2 atom stereocenters. The zero-order valence-corrected chi connectivity index (χ0v) is 11.0. The van der Waals surface area contributed by atoms with E-state index in [-0.39, 0.29) is 5.92 Å². The van der Waals surface area contributed by atoms with Crippen LogP contribution in [0.1, 0.15) is 26.2 Å². The molecule has 0 aromatic heterocycles. The van der Waals surface area contributed by atoms with Crippen molar-refractivity contribution in [1.82, 2.24) is 10.2 Å². The number of hydrogen-bond donors (Lipinski definition) is 1. The Morgan fingerprint density at radius 3 is 2.76 bits per heavy atom. The van der Waals surface area contributed by atoms with E-state index in [1.807, 2.05) is 13.1 Å². The van der Waals surface area contributed by atoms with E-state index < -0.39 is 0 Å². The lowest BCUT2D eigenvalue weighted by atomic mass is 9.83. The van der Waals surface area contributed by atoms with Crippen LogP contribution in [0.5, 0.6) is 0 Å². The van der Waals surface area contributed by atoms with E-state index in [2.05, 4.69) is 23.2 Å². The fourth-order valence-corrected chi connectivity index (χ4v) is 2.87. The Labute approximate surface area is 104 Å². The third-order valence-corrected chi connectivity index (χ3v) is 4.32. The molecule has 3 heteroatoms. The molecule has 1 saturated heterocycles. The lowest BCUT2D eigenvalue weighted by molar-refractivity contribution is -0.123. The van der Waals surface area contributed by atoms with Crippen molar-refractivity contribution < 1.29 is 4.79 Å². The number of carbonyl (C=O) groups is 1. The molecular formula is C14H24N2O. The highest BCUT2D eigenvalue weighted by atomic mass is 16.1. The maximum atomic E-state index is 11.7. The second-order valence-corrected chi connectivity index (χ2v) is 5.41. The van der Waals surface area contributed by atoms with Gasteiger partial charge in [0.2, 0.25) is 0 Å². The Balaban J connectivity index is 1.83. The number of Topliss-reactive ketones (excluding diaryl/α,β-unsaturated/α-hetero) is 1. The van der Waals surface area contributed by atoms with Crippen LogP contribution in [-0.4, -0.2) is 43.4 Å². The van der Waals surface area contributed by atoms with Crippen LogP contribution in [0.4, 0.5) is 0 Å². The fourth-order valence-electron chi connectivity index (χ4n) is 2.87. The SMILES string of the molecule is CNC1CCN(CC2C=CCC(=O)C2C)CC1. The molecule has 0 amide bonds. The van der Waals surface area contributed by atoms with Crippen LogP contribution in [0.2, 0.25) is 0 Å². The van der Waals surface area contributed by atoms with Crippen LogP contribution in [0.3, 0.4) is 0 Å². The first-order valence-electron chi connectivity index (χ1n) is 6.79. The van der Waals surface area contributed by atoms with Gasteiger partial charge in [-0.05, 0) is 38.9 Å². The van der Waals surface area contributed by atoms with Gasteiger partial charge >= 0.3 is 0 Å². The van der Waals surface area contributed by atoms with E-state index in [1.165, 1.54) is 12.8 Å². The molecule has 1 fully saturated rings. The van der Waals surface area contributed by atoms with Crippen LogP contribution in [0.25, 0.3) is 0 Å². The second kappa shape index (κ2) is 5.78. The molecule has 2 unspecified atom stereocenters. The molecule has 0 bridgehead atoms. The van der Waals surface area contributed by atoms with Gasteiger partial charge in [-0.1, -0.05) is 19.1 Å². The van der Waals surface area contributed by atoms with Crippen molar-refractivity contribution in [3.8, 4) is 0 Å². The van der Waals surface area contributed by atoms with E-state index >= 15 is 0 Å². The number of nitrogens with one attached hydrogen (secondary N) is 1. The van der Waals surface area contributed by atoms with Crippen molar-refractivity contribution in [2.24, 2.45) is 11.8 Å². The summed E-state index contributed by atoms with van der Waals surface area (Å²) in [5.41, 5.74) is 0. The van der Waals surface area contributed by atoms with Gasteiger partial charge in [0.25, 0.3) is 0 Å². The summed E-state index contributed by atoms with van der Waals surface area (Å²) in [5, 5.41) is 3.35. The maximum absolute atomic E-state index is 11.7. The number of ketones is 1. The molecule has 0 aromatic carbocycles. The van der Waals surface area contributed by atoms with Crippen LogP contribution in [0, 0.1) is 11.8 Å². The molecule has 1 heterocycles.